The number of halogens is 1. The maximum atomic E-state index is 11.8. The van der Waals surface area contributed by atoms with Crippen molar-refractivity contribution in [1.29, 1.82) is 0 Å². The topological polar surface area (TPSA) is 41.6 Å². The lowest BCUT2D eigenvalue weighted by Gasteiger charge is -2.34. The van der Waals surface area contributed by atoms with Gasteiger partial charge < -0.3 is 15.0 Å². The predicted octanol–water partition coefficient (Wildman–Crippen LogP) is 3.08. The molecule has 3 rings (SSSR count). The zero-order chi connectivity index (χ0) is 13.4. The highest BCUT2D eigenvalue weighted by Gasteiger charge is 2.39. The van der Waals surface area contributed by atoms with Crippen molar-refractivity contribution in [2.45, 2.75) is 25.3 Å². The highest BCUT2D eigenvalue weighted by molar-refractivity contribution is 6.33. The quantitative estimate of drug-likeness (QED) is 0.859. The maximum absolute atomic E-state index is 11.8. The molecule has 1 amide bonds. The lowest BCUT2D eigenvalue weighted by Crippen LogP contribution is -2.45. The summed E-state index contributed by atoms with van der Waals surface area (Å²) in [6, 6.07) is 6.33. The van der Waals surface area contributed by atoms with Crippen molar-refractivity contribution >= 4 is 23.4 Å². The molecule has 4 nitrogen and oxygen atoms in total. The third kappa shape index (κ3) is 2.14. The summed E-state index contributed by atoms with van der Waals surface area (Å²) in [5.41, 5.74) is 2.25. The number of hydrogen-bond donors (Lipinski definition) is 1. The molecule has 0 radical (unpaired) electrons. The van der Waals surface area contributed by atoms with Crippen LogP contribution >= 0.6 is 11.6 Å². The average molecular weight is 281 g/mol. The molecular formula is C14H17ClN2O2. The molecule has 5 heteroatoms. The van der Waals surface area contributed by atoms with Crippen LogP contribution < -0.4 is 5.32 Å². The van der Waals surface area contributed by atoms with Crippen molar-refractivity contribution < 1.29 is 9.53 Å². The second-order valence-corrected chi connectivity index (χ2v) is 5.40. The van der Waals surface area contributed by atoms with Crippen molar-refractivity contribution in [3.63, 3.8) is 0 Å². The number of carbonyl (C=O) groups excluding carboxylic acids is 1. The van der Waals surface area contributed by atoms with Crippen LogP contribution in [0.1, 0.15) is 24.8 Å². The van der Waals surface area contributed by atoms with Crippen LogP contribution in [-0.2, 0) is 4.74 Å². The summed E-state index contributed by atoms with van der Waals surface area (Å²) in [5.74, 6) is 0.312. The van der Waals surface area contributed by atoms with E-state index in [4.69, 9.17) is 16.3 Å². The Morgan fingerprint density at radius 2 is 2.42 bits per heavy atom. The number of para-hydroxylation sites is 1. The van der Waals surface area contributed by atoms with Crippen LogP contribution in [0.4, 0.5) is 10.5 Å². The molecule has 0 aliphatic carbocycles. The standard InChI is InChI=1S/C14H17ClN2O2/c1-2-19-14(18)17-7-6-12-10(8-17)9-4-3-5-11(15)13(9)16-12/h3-5,10,12,16H,2,6-8H2,1H3/t10-,12?/m0/s1. The van der Waals surface area contributed by atoms with Crippen molar-refractivity contribution in [2.75, 3.05) is 25.0 Å². The molecule has 2 heterocycles. The minimum absolute atomic E-state index is 0.212. The first kappa shape index (κ1) is 12.6. The van der Waals surface area contributed by atoms with Gasteiger partial charge in [-0.3, -0.25) is 0 Å². The van der Waals surface area contributed by atoms with E-state index in [2.05, 4.69) is 11.4 Å². The molecule has 1 N–H and O–H groups in total. The third-order valence-corrected chi connectivity index (χ3v) is 4.23. The van der Waals surface area contributed by atoms with Crippen LogP contribution in [0.3, 0.4) is 0 Å². The van der Waals surface area contributed by atoms with Gasteiger partial charge >= 0.3 is 6.09 Å². The fourth-order valence-electron chi connectivity index (χ4n) is 3.01. The Balaban J connectivity index is 1.81. The van der Waals surface area contributed by atoms with Gasteiger partial charge in [-0.1, -0.05) is 23.7 Å². The number of piperidine rings is 1. The molecule has 2 atom stereocenters. The molecular weight excluding hydrogens is 264 g/mol. The van der Waals surface area contributed by atoms with Gasteiger partial charge in [0.1, 0.15) is 0 Å². The molecule has 102 valence electrons. The van der Waals surface area contributed by atoms with E-state index in [1.165, 1.54) is 5.56 Å². The average Bonchev–Trinajstić information content (AvgIpc) is 2.78. The van der Waals surface area contributed by atoms with E-state index in [9.17, 15) is 4.79 Å². The second kappa shape index (κ2) is 4.93. The fraction of sp³-hybridized carbons (Fsp3) is 0.500. The Bertz CT molecular complexity index is 506. The fourth-order valence-corrected chi connectivity index (χ4v) is 3.24. The van der Waals surface area contributed by atoms with Gasteiger partial charge in [0, 0.05) is 25.0 Å². The number of anilines is 1. The van der Waals surface area contributed by atoms with Gasteiger partial charge in [-0.2, -0.15) is 0 Å². The molecule has 2 aliphatic heterocycles. The highest BCUT2D eigenvalue weighted by atomic mass is 35.5. The van der Waals surface area contributed by atoms with Crippen molar-refractivity contribution in [3.8, 4) is 0 Å². The smallest absolute Gasteiger partial charge is 0.409 e. The molecule has 1 unspecified atom stereocenters. The molecule has 19 heavy (non-hydrogen) atoms. The van der Waals surface area contributed by atoms with Gasteiger partial charge in [0.15, 0.2) is 0 Å². The van der Waals surface area contributed by atoms with E-state index >= 15 is 0 Å². The van der Waals surface area contributed by atoms with Crippen LogP contribution in [0.15, 0.2) is 18.2 Å². The molecule has 0 spiro atoms. The van der Waals surface area contributed by atoms with E-state index in [0.717, 1.165) is 23.7 Å². The number of ether oxygens (including phenoxy) is 1. The van der Waals surface area contributed by atoms with Gasteiger partial charge in [0.05, 0.1) is 17.3 Å². The molecule has 0 saturated carbocycles. The predicted molar refractivity (Wildman–Crippen MR) is 74.8 cm³/mol. The van der Waals surface area contributed by atoms with Gasteiger partial charge in [0.2, 0.25) is 0 Å². The van der Waals surface area contributed by atoms with Crippen LogP contribution in [0.5, 0.6) is 0 Å². The van der Waals surface area contributed by atoms with Crippen LogP contribution in [0.2, 0.25) is 5.02 Å². The number of fused-ring (bicyclic) bond motifs is 3. The number of amides is 1. The molecule has 1 aromatic carbocycles. The number of benzene rings is 1. The van der Waals surface area contributed by atoms with Gasteiger partial charge in [-0.25, -0.2) is 4.79 Å². The first-order valence-electron chi connectivity index (χ1n) is 6.67. The molecule has 1 fully saturated rings. The third-order valence-electron chi connectivity index (χ3n) is 3.91. The van der Waals surface area contributed by atoms with Gasteiger partial charge in [-0.15, -0.1) is 0 Å². The number of nitrogens with zero attached hydrogens (tertiary/aromatic N) is 1. The van der Waals surface area contributed by atoms with E-state index in [-0.39, 0.29) is 6.09 Å². The number of hydrogen-bond acceptors (Lipinski definition) is 3. The van der Waals surface area contributed by atoms with Crippen LogP contribution in [0.25, 0.3) is 0 Å². The summed E-state index contributed by atoms with van der Waals surface area (Å²) in [6.07, 6.45) is 0.713. The van der Waals surface area contributed by atoms with Crippen LogP contribution in [-0.4, -0.2) is 36.7 Å². The van der Waals surface area contributed by atoms with Gasteiger partial charge in [-0.05, 0) is 25.0 Å². The maximum Gasteiger partial charge on any atom is 0.409 e. The highest BCUT2D eigenvalue weighted by Crippen LogP contribution is 2.43. The second-order valence-electron chi connectivity index (χ2n) is 4.99. The molecule has 1 aromatic rings. The minimum Gasteiger partial charge on any atom is -0.450 e. The first-order chi connectivity index (χ1) is 9.20. The summed E-state index contributed by atoms with van der Waals surface area (Å²) in [6.45, 7) is 3.68. The lowest BCUT2D eigenvalue weighted by atomic mass is 9.89. The Hall–Kier alpha value is -1.42. The number of carbonyl (C=O) groups is 1. The van der Waals surface area contributed by atoms with E-state index in [1.807, 2.05) is 19.1 Å². The molecule has 2 aliphatic rings. The SMILES string of the molecule is CCOC(=O)N1CCC2Nc3c(Cl)cccc3[C@@H]2C1. The van der Waals surface area contributed by atoms with Crippen molar-refractivity contribution in [2.24, 2.45) is 0 Å². The normalized spacial score (nSPS) is 24.4. The van der Waals surface area contributed by atoms with Crippen LogP contribution in [0, 0.1) is 0 Å². The van der Waals surface area contributed by atoms with Crippen molar-refractivity contribution in [1.82, 2.24) is 4.90 Å². The molecule has 1 saturated heterocycles. The van der Waals surface area contributed by atoms with E-state index in [1.54, 1.807) is 4.90 Å². The summed E-state index contributed by atoms with van der Waals surface area (Å²) in [5, 5.41) is 4.24. The Kier molecular flexibility index (Phi) is 3.27. The molecule has 0 aromatic heterocycles. The van der Waals surface area contributed by atoms with Gasteiger partial charge in [0.25, 0.3) is 0 Å². The molecule has 0 bridgehead atoms. The lowest BCUT2D eigenvalue weighted by molar-refractivity contribution is 0.0949. The largest absolute Gasteiger partial charge is 0.450 e. The number of nitrogens with one attached hydrogen (secondary N) is 1. The Morgan fingerprint density at radius 3 is 3.21 bits per heavy atom. The zero-order valence-corrected chi connectivity index (χ0v) is 11.6. The number of likely N-dealkylation sites (tertiary alicyclic amines) is 1. The Morgan fingerprint density at radius 1 is 1.58 bits per heavy atom. The minimum atomic E-state index is -0.212. The monoisotopic (exact) mass is 280 g/mol. The van der Waals surface area contributed by atoms with Crippen molar-refractivity contribution in [3.05, 3.63) is 28.8 Å². The van der Waals surface area contributed by atoms with E-state index < -0.39 is 0 Å². The van der Waals surface area contributed by atoms with E-state index in [0.29, 0.717) is 25.1 Å². The summed E-state index contributed by atoms with van der Waals surface area (Å²) in [7, 11) is 0. The summed E-state index contributed by atoms with van der Waals surface area (Å²) in [4.78, 5) is 13.6. The number of rotatable bonds is 1. The summed E-state index contributed by atoms with van der Waals surface area (Å²) < 4.78 is 5.08. The zero-order valence-electron chi connectivity index (χ0n) is 10.9. The summed E-state index contributed by atoms with van der Waals surface area (Å²) >= 11 is 6.22. The Labute approximate surface area is 117 Å². The first-order valence-corrected chi connectivity index (χ1v) is 7.05.